The van der Waals surface area contributed by atoms with Crippen LogP contribution in [0.3, 0.4) is 0 Å². The van der Waals surface area contributed by atoms with Gasteiger partial charge in [0.1, 0.15) is 5.75 Å². The number of ether oxygens (including phenoxy) is 1. The number of benzene rings is 2. The minimum Gasteiger partial charge on any atom is -0.497 e. The summed E-state index contributed by atoms with van der Waals surface area (Å²) in [6, 6.07) is 12.8. The average molecular weight is 420 g/mol. The van der Waals surface area contributed by atoms with Crippen molar-refractivity contribution in [2.45, 2.75) is 23.4 Å². The first-order valence-electron chi connectivity index (χ1n) is 8.18. The molecule has 2 aromatic carbocycles. The van der Waals surface area contributed by atoms with Crippen molar-refractivity contribution in [3.8, 4) is 5.75 Å². The van der Waals surface area contributed by atoms with E-state index in [0.717, 1.165) is 21.3 Å². The molecule has 0 aliphatic heterocycles. The predicted molar refractivity (Wildman–Crippen MR) is 112 cm³/mol. The van der Waals surface area contributed by atoms with Gasteiger partial charge >= 0.3 is 0 Å². The maximum absolute atomic E-state index is 12.6. The smallest absolute Gasteiger partial charge is 0.210 e. The van der Waals surface area contributed by atoms with Crippen LogP contribution in [0.1, 0.15) is 22.8 Å². The number of hydrogen-bond acceptors (Lipinski definition) is 7. The number of rotatable bonds is 7. The van der Waals surface area contributed by atoms with E-state index < -0.39 is 0 Å². The Kier molecular flexibility index (Phi) is 6.36. The van der Waals surface area contributed by atoms with Crippen LogP contribution in [-0.4, -0.2) is 28.3 Å². The Hall–Kier alpha value is -2.09. The summed E-state index contributed by atoms with van der Waals surface area (Å²) in [5.41, 5.74) is 2.48. The van der Waals surface area contributed by atoms with Gasteiger partial charge in [0.15, 0.2) is 10.1 Å². The molecule has 1 unspecified atom stereocenters. The fourth-order valence-electron chi connectivity index (χ4n) is 2.36. The molecule has 0 bridgehead atoms. The topological polar surface area (TPSA) is 64.1 Å². The van der Waals surface area contributed by atoms with Gasteiger partial charge in [-0.2, -0.15) is 0 Å². The molecule has 3 aromatic rings. The number of Topliss-reactive ketones (excluding diaryl/α,β-unsaturated/α-hetero) is 1. The Morgan fingerprint density at radius 1 is 1.22 bits per heavy atom. The van der Waals surface area contributed by atoms with E-state index in [0.29, 0.717) is 15.7 Å². The highest BCUT2D eigenvalue weighted by atomic mass is 35.5. The van der Waals surface area contributed by atoms with E-state index in [4.69, 9.17) is 16.3 Å². The number of thioether (sulfide) groups is 1. The Bertz CT molecular complexity index is 944. The number of hydrogen-bond donors (Lipinski definition) is 1. The fraction of sp³-hybridized carbons (Fsp3) is 0.211. The van der Waals surface area contributed by atoms with Crippen molar-refractivity contribution < 1.29 is 9.53 Å². The SMILES string of the molecule is COc1ccc(C(=O)C(C)Sc2nnc(Nc3cccc(Cl)c3C)s2)cc1. The number of carbonyl (C=O) groups excluding carboxylic acids is 1. The molecule has 1 atom stereocenters. The van der Waals surface area contributed by atoms with Gasteiger partial charge < -0.3 is 10.1 Å². The van der Waals surface area contributed by atoms with Crippen LogP contribution in [-0.2, 0) is 0 Å². The maximum Gasteiger partial charge on any atom is 0.210 e. The first kappa shape index (κ1) is 19.7. The number of nitrogens with one attached hydrogen (secondary N) is 1. The third-order valence-electron chi connectivity index (χ3n) is 3.94. The van der Waals surface area contributed by atoms with Gasteiger partial charge in [-0.05, 0) is 55.8 Å². The molecule has 0 saturated heterocycles. The first-order valence-corrected chi connectivity index (χ1v) is 10.3. The van der Waals surface area contributed by atoms with Crippen molar-refractivity contribution >= 4 is 51.3 Å². The van der Waals surface area contributed by atoms with E-state index in [-0.39, 0.29) is 11.0 Å². The van der Waals surface area contributed by atoms with Crippen LogP contribution in [0.5, 0.6) is 5.75 Å². The Balaban J connectivity index is 1.65. The van der Waals surface area contributed by atoms with Crippen LogP contribution in [0.4, 0.5) is 10.8 Å². The predicted octanol–water partition coefficient (Wildman–Crippen LogP) is 5.62. The standard InChI is InChI=1S/C19H18ClN3O2S2/c1-11-15(20)5-4-6-16(11)21-18-22-23-19(27-18)26-12(2)17(24)13-7-9-14(25-3)10-8-13/h4-10,12H,1-3H3,(H,21,22). The van der Waals surface area contributed by atoms with Crippen molar-refractivity contribution in [3.63, 3.8) is 0 Å². The van der Waals surface area contributed by atoms with Gasteiger partial charge in [-0.25, -0.2) is 0 Å². The summed E-state index contributed by atoms with van der Waals surface area (Å²) in [4.78, 5) is 12.6. The van der Waals surface area contributed by atoms with Crippen LogP contribution < -0.4 is 10.1 Å². The molecule has 0 aliphatic rings. The van der Waals surface area contributed by atoms with Crippen LogP contribution in [0.25, 0.3) is 0 Å². The van der Waals surface area contributed by atoms with Crippen molar-refractivity contribution in [1.82, 2.24) is 10.2 Å². The summed E-state index contributed by atoms with van der Waals surface area (Å²) in [6.45, 7) is 3.81. The molecule has 0 spiro atoms. The zero-order chi connectivity index (χ0) is 19.4. The number of ketones is 1. The van der Waals surface area contributed by atoms with Crippen LogP contribution in [0, 0.1) is 6.92 Å². The third kappa shape index (κ3) is 4.80. The number of methoxy groups -OCH3 is 1. The molecule has 0 saturated carbocycles. The van der Waals surface area contributed by atoms with Crippen LogP contribution in [0.2, 0.25) is 5.02 Å². The largest absolute Gasteiger partial charge is 0.497 e. The van der Waals surface area contributed by atoms with Crippen molar-refractivity contribution in [2.24, 2.45) is 0 Å². The molecule has 0 radical (unpaired) electrons. The Labute approximate surface area is 171 Å². The van der Waals surface area contributed by atoms with Gasteiger partial charge in [0.2, 0.25) is 5.13 Å². The molecule has 27 heavy (non-hydrogen) atoms. The molecule has 1 aromatic heterocycles. The van der Waals surface area contributed by atoms with Gasteiger partial charge in [0, 0.05) is 16.3 Å². The molecule has 0 fully saturated rings. The van der Waals surface area contributed by atoms with E-state index in [1.807, 2.05) is 32.0 Å². The number of halogens is 1. The lowest BCUT2D eigenvalue weighted by atomic mass is 10.1. The summed E-state index contributed by atoms with van der Waals surface area (Å²) in [7, 11) is 1.60. The quantitative estimate of drug-likeness (QED) is 0.396. The van der Waals surface area contributed by atoms with Crippen LogP contribution >= 0.6 is 34.7 Å². The molecule has 0 amide bonds. The highest BCUT2D eigenvalue weighted by molar-refractivity contribution is 8.02. The van der Waals surface area contributed by atoms with Crippen molar-refractivity contribution in [3.05, 3.63) is 58.6 Å². The Morgan fingerprint density at radius 2 is 1.96 bits per heavy atom. The van der Waals surface area contributed by atoms with Gasteiger partial charge in [0.05, 0.1) is 12.4 Å². The molecule has 5 nitrogen and oxygen atoms in total. The second-order valence-electron chi connectivity index (χ2n) is 5.76. The molecule has 8 heteroatoms. The minimum atomic E-state index is -0.271. The van der Waals surface area contributed by atoms with Gasteiger partial charge in [-0.3, -0.25) is 4.79 Å². The first-order chi connectivity index (χ1) is 13.0. The molecule has 1 heterocycles. The summed E-state index contributed by atoms with van der Waals surface area (Å²) < 4.78 is 5.85. The lowest BCUT2D eigenvalue weighted by Crippen LogP contribution is -2.13. The summed E-state index contributed by atoms with van der Waals surface area (Å²) >= 11 is 8.94. The number of aromatic nitrogens is 2. The normalized spacial score (nSPS) is 11.9. The zero-order valence-corrected chi connectivity index (χ0v) is 17.4. The van der Waals surface area contributed by atoms with E-state index in [1.54, 1.807) is 31.4 Å². The highest BCUT2D eigenvalue weighted by Gasteiger charge is 2.19. The minimum absolute atomic E-state index is 0.0399. The van der Waals surface area contributed by atoms with Gasteiger partial charge in [0.25, 0.3) is 0 Å². The van der Waals surface area contributed by atoms with E-state index in [2.05, 4.69) is 15.5 Å². The molecule has 1 N–H and O–H groups in total. The van der Waals surface area contributed by atoms with E-state index in [1.165, 1.54) is 23.1 Å². The zero-order valence-electron chi connectivity index (χ0n) is 15.0. The summed E-state index contributed by atoms with van der Waals surface area (Å²) in [5.74, 6) is 0.765. The second-order valence-corrected chi connectivity index (χ2v) is 8.74. The van der Waals surface area contributed by atoms with E-state index in [9.17, 15) is 4.79 Å². The summed E-state index contributed by atoms with van der Waals surface area (Å²) in [6.07, 6.45) is 0. The lowest BCUT2D eigenvalue weighted by molar-refractivity contribution is 0.0994. The number of nitrogens with zero attached hydrogens (tertiary/aromatic N) is 2. The number of carbonyl (C=O) groups is 1. The van der Waals surface area contributed by atoms with Crippen molar-refractivity contribution in [1.29, 1.82) is 0 Å². The molecule has 3 rings (SSSR count). The molecular formula is C19H18ClN3O2S2. The fourth-order valence-corrected chi connectivity index (χ4v) is 4.52. The second kappa shape index (κ2) is 8.73. The molecule has 140 valence electrons. The van der Waals surface area contributed by atoms with Crippen molar-refractivity contribution in [2.75, 3.05) is 12.4 Å². The monoisotopic (exact) mass is 419 g/mol. The molecular weight excluding hydrogens is 402 g/mol. The summed E-state index contributed by atoms with van der Waals surface area (Å²) in [5, 5.41) is 12.6. The number of anilines is 2. The Morgan fingerprint density at radius 3 is 2.67 bits per heavy atom. The van der Waals surface area contributed by atoms with E-state index >= 15 is 0 Å². The van der Waals surface area contributed by atoms with Gasteiger partial charge in [-0.15, -0.1) is 10.2 Å². The van der Waals surface area contributed by atoms with Gasteiger partial charge in [-0.1, -0.05) is 40.8 Å². The highest BCUT2D eigenvalue weighted by Crippen LogP contribution is 2.33. The van der Waals surface area contributed by atoms with Crippen LogP contribution in [0.15, 0.2) is 46.8 Å². The molecule has 0 aliphatic carbocycles. The maximum atomic E-state index is 12.6. The lowest BCUT2D eigenvalue weighted by Gasteiger charge is -2.08. The third-order valence-corrected chi connectivity index (χ3v) is 6.37. The average Bonchev–Trinajstić information content (AvgIpc) is 3.11.